The third kappa shape index (κ3) is 2.82. The molecule has 0 saturated carbocycles. The highest BCUT2D eigenvalue weighted by Crippen LogP contribution is 2.18. The number of nitrogens with two attached hydrogens (primary N) is 1. The lowest BCUT2D eigenvalue weighted by Gasteiger charge is -2.05. The molecule has 1 aromatic heterocycles. The molecule has 2 aromatic rings. The topological polar surface area (TPSA) is 56.0 Å². The van der Waals surface area contributed by atoms with Gasteiger partial charge in [0.05, 0.1) is 5.52 Å². The van der Waals surface area contributed by atoms with Gasteiger partial charge in [0.15, 0.2) is 0 Å². The van der Waals surface area contributed by atoms with Gasteiger partial charge in [-0.05, 0) is 17.7 Å². The van der Waals surface area contributed by atoms with Crippen molar-refractivity contribution in [1.29, 1.82) is 0 Å². The van der Waals surface area contributed by atoms with Gasteiger partial charge in [-0.15, -0.1) is 12.4 Å². The smallest absolute Gasteiger partial charge is 0.244 e. The van der Waals surface area contributed by atoms with E-state index in [0.717, 1.165) is 16.5 Å². The molecule has 1 amide bonds. The van der Waals surface area contributed by atoms with E-state index < -0.39 is 5.91 Å². The summed E-state index contributed by atoms with van der Waals surface area (Å²) in [5.41, 5.74) is 7.52. The Morgan fingerprint density at radius 2 is 2.00 bits per heavy atom. The number of para-hydroxylation sites is 1. The van der Waals surface area contributed by atoms with E-state index in [1.807, 2.05) is 30.3 Å². The molecule has 4 heteroatoms. The Labute approximate surface area is 106 Å². The molecular weight excluding hydrogens is 236 g/mol. The number of primary amides is 1. The molecule has 2 rings (SSSR count). The highest BCUT2D eigenvalue weighted by molar-refractivity contribution is 5.93. The van der Waals surface area contributed by atoms with E-state index in [1.165, 1.54) is 0 Å². The molecule has 88 valence electrons. The molecule has 17 heavy (non-hydrogen) atoms. The molecule has 0 bridgehead atoms. The van der Waals surface area contributed by atoms with Crippen LogP contribution in [-0.4, -0.2) is 10.9 Å². The van der Waals surface area contributed by atoms with Gasteiger partial charge in [0, 0.05) is 23.6 Å². The second-order valence-corrected chi connectivity index (χ2v) is 3.63. The second-order valence-electron chi connectivity index (χ2n) is 3.63. The van der Waals surface area contributed by atoms with E-state index in [-0.39, 0.29) is 12.4 Å². The van der Waals surface area contributed by atoms with Crippen molar-refractivity contribution >= 4 is 29.2 Å². The van der Waals surface area contributed by atoms with Gasteiger partial charge in [0.25, 0.3) is 0 Å². The Morgan fingerprint density at radius 3 is 2.71 bits per heavy atom. The zero-order valence-electron chi connectivity index (χ0n) is 9.22. The standard InChI is InChI=1S/C13H12N2O.ClH/c1-9(13(14)16)8-10-6-7-15-12-5-3-2-4-11(10)12;/h2-7H,1,8H2,(H2,14,16);1H. The van der Waals surface area contributed by atoms with Crippen LogP contribution in [0.4, 0.5) is 0 Å². The number of halogens is 1. The summed E-state index contributed by atoms with van der Waals surface area (Å²) in [5.74, 6) is -0.458. The molecule has 0 aliphatic heterocycles. The van der Waals surface area contributed by atoms with Gasteiger partial charge < -0.3 is 5.73 Å². The number of fused-ring (bicyclic) bond motifs is 1. The molecule has 1 heterocycles. The van der Waals surface area contributed by atoms with Gasteiger partial charge in [0.1, 0.15) is 0 Å². The average molecular weight is 249 g/mol. The normalized spacial score (nSPS) is 9.65. The maximum absolute atomic E-state index is 10.9. The number of aromatic nitrogens is 1. The first-order valence-corrected chi connectivity index (χ1v) is 4.98. The van der Waals surface area contributed by atoms with Crippen molar-refractivity contribution in [3.63, 3.8) is 0 Å². The molecule has 1 aromatic carbocycles. The number of carbonyl (C=O) groups excluding carboxylic acids is 1. The molecule has 0 fully saturated rings. The van der Waals surface area contributed by atoms with E-state index in [9.17, 15) is 4.79 Å². The van der Waals surface area contributed by atoms with Gasteiger partial charge >= 0.3 is 0 Å². The number of carbonyl (C=O) groups is 1. The zero-order chi connectivity index (χ0) is 11.5. The van der Waals surface area contributed by atoms with Gasteiger partial charge in [-0.25, -0.2) is 0 Å². The molecule has 0 unspecified atom stereocenters. The molecule has 0 aliphatic carbocycles. The molecule has 3 nitrogen and oxygen atoms in total. The Kier molecular flexibility index (Phi) is 4.24. The number of amides is 1. The summed E-state index contributed by atoms with van der Waals surface area (Å²) in [6.45, 7) is 3.66. The van der Waals surface area contributed by atoms with Crippen molar-refractivity contribution in [2.75, 3.05) is 0 Å². The van der Waals surface area contributed by atoms with E-state index in [1.54, 1.807) is 6.20 Å². The number of hydrogen-bond acceptors (Lipinski definition) is 2. The number of hydrogen-bond donors (Lipinski definition) is 1. The van der Waals surface area contributed by atoms with Crippen molar-refractivity contribution in [3.05, 3.63) is 54.2 Å². The SMILES string of the molecule is C=C(Cc1ccnc2ccccc12)C(N)=O.Cl. The van der Waals surface area contributed by atoms with Gasteiger partial charge in [-0.1, -0.05) is 24.8 Å². The molecule has 2 N–H and O–H groups in total. The van der Waals surface area contributed by atoms with Gasteiger partial charge in [0.2, 0.25) is 5.91 Å². The van der Waals surface area contributed by atoms with Crippen molar-refractivity contribution in [2.24, 2.45) is 5.73 Å². The van der Waals surface area contributed by atoms with Gasteiger partial charge in [-0.2, -0.15) is 0 Å². The summed E-state index contributed by atoms with van der Waals surface area (Å²) < 4.78 is 0. The van der Waals surface area contributed by atoms with E-state index in [0.29, 0.717) is 12.0 Å². The first-order chi connectivity index (χ1) is 7.68. The van der Waals surface area contributed by atoms with Crippen molar-refractivity contribution in [1.82, 2.24) is 4.98 Å². The number of rotatable bonds is 3. The molecular formula is C13H13ClN2O. The van der Waals surface area contributed by atoms with Crippen LogP contribution < -0.4 is 5.73 Å². The summed E-state index contributed by atoms with van der Waals surface area (Å²) in [7, 11) is 0. The maximum atomic E-state index is 10.9. The Morgan fingerprint density at radius 1 is 1.29 bits per heavy atom. The fourth-order valence-electron chi connectivity index (χ4n) is 1.63. The summed E-state index contributed by atoms with van der Waals surface area (Å²) in [5, 5.41) is 1.03. The minimum absolute atomic E-state index is 0. The summed E-state index contributed by atoms with van der Waals surface area (Å²) in [6.07, 6.45) is 2.20. The van der Waals surface area contributed by atoms with Crippen LogP contribution in [0.25, 0.3) is 10.9 Å². The van der Waals surface area contributed by atoms with Crippen LogP contribution in [-0.2, 0) is 11.2 Å². The number of benzene rings is 1. The Bertz CT molecular complexity index is 561. The molecule has 0 saturated heterocycles. The summed E-state index contributed by atoms with van der Waals surface area (Å²) >= 11 is 0. The summed E-state index contributed by atoms with van der Waals surface area (Å²) in [6, 6.07) is 9.68. The minimum atomic E-state index is -0.458. The molecule has 0 atom stereocenters. The lowest BCUT2D eigenvalue weighted by Crippen LogP contribution is -2.14. The molecule has 0 aliphatic rings. The van der Waals surface area contributed by atoms with Crippen LogP contribution in [0.15, 0.2) is 48.7 Å². The first kappa shape index (κ1) is 13.2. The fraction of sp³-hybridized carbons (Fsp3) is 0.0769. The third-order valence-electron chi connectivity index (χ3n) is 2.49. The number of pyridine rings is 1. The van der Waals surface area contributed by atoms with E-state index in [2.05, 4.69) is 11.6 Å². The lowest BCUT2D eigenvalue weighted by atomic mass is 10.0. The van der Waals surface area contributed by atoms with Crippen LogP contribution in [0, 0.1) is 0 Å². The first-order valence-electron chi connectivity index (χ1n) is 4.98. The van der Waals surface area contributed by atoms with E-state index >= 15 is 0 Å². The van der Waals surface area contributed by atoms with Gasteiger partial charge in [-0.3, -0.25) is 9.78 Å². The number of nitrogens with zero attached hydrogens (tertiary/aromatic N) is 1. The van der Waals surface area contributed by atoms with Crippen molar-refractivity contribution < 1.29 is 4.79 Å². The monoisotopic (exact) mass is 248 g/mol. The minimum Gasteiger partial charge on any atom is -0.366 e. The fourth-order valence-corrected chi connectivity index (χ4v) is 1.63. The van der Waals surface area contributed by atoms with E-state index in [4.69, 9.17) is 5.73 Å². The Balaban J connectivity index is 0.00000144. The second kappa shape index (κ2) is 5.46. The highest BCUT2D eigenvalue weighted by atomic mass is 35.5. The maximum Gasteiger partial charge on any atom is 0.244 e. The van der Waals surface area contributed by atoms with Crippen LogP contribution in [0.5, 0.6) is 0 Å². The predicted molar refractivity (Wildman–Crippen MR) is 71.0 cm³/mol. The zero-order valence-corrected chi connectivity index (χ0v) is 10.0. The summed E-state index contributed by atoms with van der Waals surface area (Å²) in [4.78, 5) is 15.2. The van der Waals surface area contributed by atoms with Crippen LogP contribution in [0.1, 0.15) is 5.56 Å². The highest BCUT2D eigenvalue weighted by Gasteiger charge is 2.06. The quantitative estimate of drug-likeness (QED) is 0.847. The van der Waals surface area contributed by atoms with Crippen LogP contribution in [0.3, 0.4) is 0 Å². The molecule has 0 radical (unpaired) electrons. The van der Waals surface area contributed by atoms with Crippen molar-refractivity contribution in [3.8, 4) is 0 Å². The lowest BCUT2D eigenvalue weighted by molar-refractivity contribution is -0.114. The van der Waals surface area contributed by atoms with Crippen molar-refractivity contribution in [2.45, 2.75) is 6.42 Å². The average Bonchev–Trinajstić information content (AvgIpc) is 2.29. The van der Waals surface area contributed by atoms with Crippen LogP contribution in [0.2, 0.25) is 0 Å². The molecule has 0 spiro atoms. The Hall–Kier alpha value is -1.87. The van der Waals surface area contributed by atoms with Crippen LogP contribution >= 0.6 is 12.4 Å². The predicted octanol–water partition coefficient (Wildman–Crippen LogP) is 2.24. The largest absolute Gasteiger partial charge is 0.366 e. The third-order valence-corrected chi connectivity index (χ3v) is 2.49.